The molecule has 1 unspecified atom stereocenters. The van der Waals surface area contributed by atoms with Crippen molar-refractivity contribution >= 4 is 5.69 Å². The smallest absolute Gasteiger partial charge is 0.249 e. The van der Waals surface area contributed by atoms with E-state index in [9.17, 15) is 9.59 Å². The summed E-state index contributed by atoms with van der Waals surface area (Å²) in [5.41, 5.74) is 14.5. The number of fused-ring (bicyclic) bond motifs is 1. The molecule has 0 fully saturated rings. The van der Waals surface area contributed by atoms with Crippen LogP contribution in [0.25, 0.3) is 0 Å². The molecule has 0 saturated heterocycles. The Morgan fingerprint density at radius 2 is 2.00 bits per heavy atom. The van der Waals surface area contributed by atoms with Gasteiger partial charge in [-0.2, -0.15) is 0 Å². The molecule has 0 saturated carbocycles. The van der Waals surface area contributed by atoms with Crippen molar-refractivity contribution in [3.8, 4) is 0 Å². The molecule has 3 rings (SSSR count). The van der Waals surface area contributed by atoms with Crippen LogP contribution in [0.1, 0.15) is 41.0 Å². The summed E-state index contributed by atoms with van der Waals surface area (Å²) in [6.45, 7) is 0.474. The van der Waals surface area contributed by atoms with Gasteiger partial charge >= 0.3 is 0 Å². The van der Waals surface area contributed by atoms with Crippen molar-refractivity contribution in [3.05, 3.63) is 60.9 Å². The minimum Gasteiger partial charge on any atom is -0.395 e. The van der Waals surface area contributed by atoms with Crippen molar-refractivity contribution in [1.29, 1.82) is 0 Å². The Hall–Kier alpha value is -1.94. The van der Waals surface area contributed by atoms with E-state index in [1.807, 2.05) is 6.07 Å². The Morgan fingerprint density at radius 3 is 2.68 bits per heavy atom. The molecule has 1 atom stereocenters. The predicted octanol–water partition coefficient (Wildman–Crippen LogP) is 0.792. The molecule has 0 aliphatic heterocycles. The van der Waals surface area contributed by atoms with Crippen molar-refractivity contribution in [2.75, 3.05) is 5.73 Å². The average Bonchev–Trinajstić information content (AvgIpc) is 2.46. The molecule has 0 bridgehead atoms. The third kappa shape index (κ3) is 1.71. The van der Waals surface area contributed by atoms with Crippen LogP contribution in [0.4, 0.5) is 5.69 Å². The second-order valence-electron chi connectivity index (χ2n) is 5.17. The van der Waals surface area contributed by atoms with Crippen molar-refractivity contribution < 1.29 is 0 Å². The fourth-order valence-electron chi connectivity index (χ4n) is 3.05. The average molecular weight is 256 g/mol. The number of aryl methyl sites for hydroxylation is 1. The zero-order chi connectivity index (χ0) is 13.6. The number of hydrogen-bond acceptors (Lipinski definition) is 4. The Bertz CT molecular complexity index is 711. The molecular weight excluding hydrogens is 240 g/mol. The standard InChI is InChI=1S/C15H16N2O2/c16-7-8-4-5-9-2-1-3-10(11(9)6-8)12-13(17)15(19)14(12)18/h4-6,10H,1-3,7,16-17H2. The molecule has 4 heteroatoms. The van der Waals surface area contributed by atoms with Gasteiger partial charge in [0.2, 0.25) is 10.9 Å². The molecule has 0 aromatic heterocycles. The van der Waals surface area contributed by atoms with E-state index in [0.717, 1.165) is 30.4 Å². The number of benzene rings is 1. The lowest BCUT2D eigenvalue weighted by molar-refractivity contribution is 0.610. The lowest BCUT2D eigenvalue weighted by atomic mass is 9.76. The molecule has 0 heterocycles. The second-order valence-corrected chi connectivity index (χ2v) is 5.17. The van der Waals surface area contributed by atoms with E-state index in [-0.39, 0.29) is 11.6 Å². The van der Waals surface area contributed by atoms with Crippen LogP contribution in [-0.4, -0.2) is 0 Å². The zero-order valence-corrected chi connectivity index (χ0v) is 10.6. The molecule has 0 spiro atoms. The summed E-state index contributed by atoms with van der Waals surface area (Å²) in [6, 6.07) is 6.15. The third-order valence-corrected chi connectivity index (χ3v) is 4.09. The van der Waals surface area contributed by atoms with Gasteiger partial charge in [-0.3, -0.25) is 9.59 Å². The van der Waals surface area contributed by atoms with Crippen LogP contribution in [0, 0.1) is 0 Å². The van der Waals surface area contributed by atoms with Crippen LogP contribution in [0.2, 0.25) is 0 Å². The van der Waals surface area contributed by atoms with Crippen molar-refractivity contribution in [3.63, 3.8) is 0 Å². The molecular formula is C15H16N2O2. The Labute approximate surface area is 110 Å². The lowest BCUT2D eigenvalue weighted by Gasteiger charge is -2.27. The topological polar surface area (TPSA) is 86.2 Å². The largest absolute Gasteiger partial charge is 0.395 e. The van der Waals surface area contributed by atoms with E-state index in [1.54, 1.807) is 0 Å². The number of nitrogen functional groups attached to an aromatic ring is 1. The number of hydrogen-bond donors (Lipinski definition) is 2. The van der Waals surface area contributed by atoms with Gasteiger partial charge in [0.25, 0.3) is 0 Å². The van der Waals surface area contributed by atoms with Crippen LogP contribution >= 0.6 is 0 Å². The predicted molar refractivity (Wildman–Crippen MR) is 74.9 cm³/mol. The van der Waals surface area contributed by atoms with E-state index < -0.39 is 10.9 Å². The molecule has 98 valence electrons. The number of anilines is 1. The summed E-state index contributed by atoms with van der Waals surface area (Å²) in [5, 5.41) is 0. The summed E-state index contributed by atoms with van der Waals surface area (Å²) in [7, 11) is 0. The van der Waals surface area contributed by atoms with E-state index in [1.165, 1.54) is 5.56 Å². The molecule has 0 radical (unpaired) electrons. The Balaban J connectivity index is 2.12. The number of nitrogens with two attached hydrogens (primary N) is 2. The summed E-state index contributed by atoms with van der Waals surface area (Å²) in [6.07, 6.45) is 2.89. The fourth-order valence-corrected chi connectivity index (χ4v) is 3.05. The normalized spacial score (nSPS) is 18.5. The molecule has 1 aliphatic carbocycles. The first-order chi connectivity index (χ1) is 9.13. The maximum absolute atomic E-state index is 11.7. The molecule has 1 aliphatic rings. The summed E-state index contributed by atoms with van der Waals surface area (Å²) >= 11 is 0. The van der Waals surface area contributed by atoms with Crippen LogP contribution < -0.4 is 22.3 Å². The molecule has 0 amide bonds. The molecule has 19 heavy (non-hydrogen) atoms. The zero-order valence-electron chi connectivity index (χ0n) is 10.6. The van der Waals surface area contributed by atoms with E-state index in [2.05, 4.69) is 12.1 Å². The van der Waals surface area contributed by atoms with Crippen molar-refractivity contribution in [2.24, 2.45) is 5.73 Å². The number of rotatable bonds is 2. The van der Waals surface area contributed by atoms with Crippen LogP contribution in [0.3, 0.4) is 0 Å². The summed E-state index contributed by atoms with van der Waals surface area (Å²) in [4.78, 5) is 23.0. The highest BCUT2D eigenvalue weighted by Crippen LogP contribution is 2.37. The highest BCUT2D eigenvalue weighted by atomic mass is 16.2. The van der Waals surface area contributed by atoms with E-state index in [4.69, 9.17) is 11.5 Å². The van der Waals surface area contributed by atoms with Gasteiger partial charge in [-0.1, -0.05) is 18.2 Å². The van der Waals surface area contributed by atoms with Gasteiger partial charge in [-0.15, -0.1) is 0 Å². The van der Waals surface area contributed by atoms with Crippen LogP contribution in [0.15, 0.2) is 27.8 Å². The second kappa shape index (κ2) is 4.31. The van der Waals surface area contributed by atoms with Gasteiger partial charge in [0.15, 0.2) is 0 Å². The fraction of sp³-hybridized carbons (Fsp3) is 0.333. The van der Waals surface area contributed by atoms with Crippen molar-refractivity contribution in [1.82, 2.24) is 0 Å². The van der Waals surface area contributed by atoms with Gasteiger partial charge in [0.05, 0.1) is 5.69 Å². The van der Waals surface area contributed by atoms with Crippen LogP contribution in [-0.2, 0) is 13.0 Å². The minimum atomic E-state index is -0.530. The minimum absolute atomic E-state index is 0.0274. The summed E-state index contributed by atoms with van der Waals surface area (Å²) in [5.74, 6) is -0.0274. The third-order valence-electron chi connectivity index (χ3n) is 4.09. The molecule has 2 aromatic rings. The molecule has 2 aromatic carbocycles. The van der Waals surface area contributed by atoms with Gasteiger partial charge in [0.1, 0.15) is 0 Å². The molecule has 4 N–H and O–H groups in total. The monoisotopic (exact) mass is 256 g/mol. The molecule has 4 nitrogen and oxygen atoms in total. The maximum atomic E-state index is 11.7. The van der Waals surface area contributed by atoms with Crippen LogP contribution in [0.5, 0.6) is 0 Å². The van der Waals surface area contributed by atoms with Gasteiger partial charge < -0.3 is 11.5 Å². The van der Waals surface area contributed by atoms with Gasteiger partial charge in [0, 0.05) is 18.0 Å². The maximum Gasteiger partial charge on any atom is 0.249 e. The van der Waals surface area contributed by atoms with Gasteiger partial charge in [-0.05, 0) is 36.0 Å². The first-order valence-electron chi connectivity index (χ1n) is 6.54. The van der Waals surface area contributed by atoms with Crippen molar-refractivity contribution in [2.45, 2.75) is 31.7 Å². The van der Waals surface area contributed by atoms with E-state index in [0.29, 0.717) is 12.1 Å². The van der Waals surface area contributed by atoms with Gasteiger partial charge in [-0.25, -0.2) is 0 Å². The quantitative estimate of drug-likeness (QED) is 0.778. The van der Waals surface area contributed by atoms with E-state index >= 15 is 0 Å². The first-order valence-corrected chi connectivity index (χ1v) is 6.54. The Kier molecular flexibility index (Phi) is 2.75. The SMILES string of the molecule is NCc1ccc2c(c1)C(c1c(N)c(=O)c1=O)CCC2. The Morgan fingerprint density at radius 1 is 1.21 bits per heavy atom. The highest BCUT2D eigenvalue weighted by molar-refractivity contribution is 5.58. The highest BCUT2D eigenvalue weighted by Gasteiger charge is 2.30. The summed E-state index contributed by atoms with van der Waals surface area (Å²) < 4.78 is 0. The lowest BCUT2D eigenvalue weighted by Crippen LogP contribution is -2.40. The first kappa shape index (κ1) is 12.1.